The lowest BCUT2D eigenvalue weighted by Gasteiger charge is -2.04. The van der Waals surface area contributed by atoms with Crippen molar-refractivity contribution in [1.82, 2.24) is 4.98 Å². The maximum atomic E-state index is 5.39. The van der Waals surface area contributed by atoms with E-state index in [1.807, 2.05) is 12.1 Å². The van der Waals surface area contributed by atoms with Gasteiger partial charge >= 0.3 is 0 Å². The highest BCUT2D eigenvalue weighted by molar-refractivity contribution is 5.40. The predicted molar refractivity (Wildman–Crippen MR) is 55.6 cm³/mol. The van der Waals surface area contributed by atoms with Crippen molar-refractivity contribution < 1.29 is 0 Å². The molecule has 1 heterocycles. The molecule has 3 nitrogen and oxygen atoms in total. The fraction of sp³-hybridized carbons (Fsp3) is 0.500. The highest BCUT2D eigenvalue weighted by atomic mass is 14.9. The first-order chi connectivity index (χ1) is 6.43. The molecule has 0 saturated carbocycles. The third kappa shape index (κ3) is 4.48. The Balaban J connectivity index is 2.07. The second-order valence-electron chi connectivity index (χ2n) is 3.01. The van der Waals surface area contributed by atoms with Gasteiger partial charge in [0.1, 0.15) is 0 Å². The quantitative estimate of drug-likeness (QED) is 0.652. The summed E-state index contributed by atoms with van der Waals surface area (Å²) in [6.07, 6.45) is 7.09. The lowest BCUT2D eigenvalue weighted by molar-refractivity contribution is 0.707. The summed E-state index contributed by atoms with van der Waals surface area (Å²) >= 11 is 0. The van der Waals surface area contributed by atoms with Gasteiger partial charge in [0.15, 0.2) is 0 Å². The van der Waals surface area contributed by atoms with E-state index < -0.39 is 0 Å². The number of hydrogen-bond acceptors (Lipinski definition) is 3. The molecule has 3 heteroatoms. The van der Waals surface area contributed by atoms with Crippen molar-refractivity contribution in [3.8, 4) is 0 Å². The minimum Gasteiger partial charge on any atom is -0.385 e. The van der Waals surface area contributed by atoms with Crippen molar-refractivity contribution in [3.63, 3.8) is 0 Å². The molecular formula is C10H17N3. The Morgan fingerprint density at radius 2 is 1.92 bits per heavy atom. The molecule has 0 unspecified atom stereocenters. The SMILES string of the molecule is NCCCCCNc1ccncc1. The van der Waals surface area contributed by atoms with Crippen molar-refractivity contribution in [2.24, 2.45) is 5.73 Å². The Labute approximate surface area is 79.4 Å². The average molecular weight is 179 g/mol. The number of rotatable bonds is 6. The van der Waals surface area contributed by atoms with Crippen LogP contribution in [0.25, 0.3) is 0 Å². The molecule has 0 fully saturated rings. The van der Waals surface area contributed by atoms with Gasteiger partial charge in [0.2, 0.25) is 0 Å². The summed E-state index contributed by atoms with van der Waals surface area (Å²) in [6, 6.07) is 3.95. The van der Waals surface area contributed by atoms with Gasteiger partial charge in [-0.15, -0.1) is 0 Å². The van der Waals surface area contributed by atoms with Crippen LogP contribution < -0.4 is 11.1 Å². The smallest absolute Gasteiger partial charge is 0.0371 e. The van der Waals surface area contributed by atoms with E-state index in [9.17, 15) is 0 Å². The third-order valence-electron chi connectivity index (χ3n) is 1.89. The highest BCUT2D eigenvalue weighted by Crippen LogP contribution is 2.03. The summed E-state index contributed by atoms with van der Waals surface area (Å²) in [7, 11) is 0. The molecule has 0 aromatic carbocycles. The number of nitrogens with zero attached hydrogens (tertiary/aromatic N) is 1. The number of unbranched alkanes of at least 4 members (excludes halogenated alkanes) is 2. The zero-order valence-electron chi connectivity index (χ0n) is 7.87. The molecule has 0 aliphatic heterocycles. The van der Waals surface area contributed by atoms with Crippen molar-refractivity contribution >= 4 is 5.69 Å². The first-order valence-corrected chi connectivity index (χ1v) is 4.77. The van der Waals surface area contributed by atoms with E-state index in [0.29, 0.717) is 0 Å². The Morgan fingerprint density at radius 3 is 2.62 bits per heavy atom. The van der Waals surface area contributed by atoms with Crippen LogP contribution in [0.2, 0.25) is 0 Å². The molecule has 0 aliphatic carbocycles. The summed E-state index contributed by atoms with van der Waals surface area (Å²) in [4.78, 5) is 3.95. The molecule has 0 aliphatic rings. The molecule has 3 N–H and O–H groups in total. The molecule has 0 bridgehead atoms. The molecule has 0 saturated heterocycles. The summed E-state index contributed by atoms with van der Waals surface area (Å²) in [5.74, 6) is 0. The number of aromatic nitrogens is 1. The topological polar surface area (TPSA) is 50.9 Å². The molecule has 0 atom stereocenters. The summed E-state index contributed by atoms with van der Waals surface area (Å²) in [5, 5.41) is 3.32. The van der Waals surface area contributed by atoms with Crippen LogP contribution in [0.15, 0.2) is 24.5 Å². The molecule has 0 radical (unpaired) electrons. The molecule has 1 aromatic heterocycles. The van der Waals surface area contributed by atoms with Gasteiger partial charge < -0.3 is 11.1 Å². The number of hydrogen-bond donors (Lipinski definition) is 2. The fourth-order valence-corrected chi connectivity index (χ4v) is 1.15. The van der Waals surface area contributed by atoms with Crippen molar-refractivity contribution in [1.29, 1.82) is 0 Å². The number of nitrogens with one attached hydrogen (secondary N) is 1. The fourth-order valence-electron chi connectivity index (χ4n) is 1.15. The van der Waals surface area contributed by atoms with Crippen molar-refractivity contribution in [3.05, 3.63) is 24.5 Å². The van der Waals surface area contributed by atoms with Crippen LogP contribution in [0.3, 0.4) is 0 Å². The lowest BCUT2D eigenvalue weighted by atomic mass is 10.2. The van der Waals surface area contributed by atoms with Crippen LogP contribution in [0.1, 0.15) is 19.3 Å². The van der Waals surface area contributed by atoms with Crippen molar-refractivity contribution in [2.45, 2.75) is 19.3 Å². The van der Waals surface area contributed by atoms with E-state index in [1.165, 1.54) is 12.8 Å². The largest absolute Gasteiger partial charge is 0.385 e. The van der Waals surface area contributed by atoms with E-state index in [4.69, 9.17) is 5.73 Å². The van der Waals surface area contributed by atoms with E-state index in [0.717, 1.165) is 25.2 Å². The summed E-state index contributed by atoms with van der Waals surface area (Å²) < 4.78 is 0. The van der Waals surface area contributed by atoms with Crippen LogP contribution >= 0.6 is 0 Å². The zero-order chi connectivity index (χ0) is 9.36. The summed E-state index contributed by atoms with van der Waals surface area (Å²) in [6.45, 7) is 1.82. The molecule has 1 aromatic rings. The number of anilines is 1. The highest BCUT2D eigenvalue weighted by Gasteiger charge is 1.89. The molecule has 1 rings (SSSR count). The van der Waals surface area contributed by atoms with Crippen LogP contribution in [0, 0.1) is 0 Å². The van der Waals surface area contributed by atoms with Crippen LogP contribution in [0.5, 0.6) is 0 Å². The van der Waals surface area contributed by atoms with E-state index in [1.54, 1.807) is 12.4 Å². The molecular weight excluding hydrogens is 162 g/mol. The molecule has 13 heavy (non-hydrogen) atoms. The monoisotopic (exact) mass is 179 g/mol. The van der Waals surface area contributed by atoms with Crippen LogP contribution in [-0.4, -0.2) is 18.1 Å². The van der Waals surface area contributed by atoms with Gasteiger partial charge in [0.25, 0.3) is 0 Å². The average Bonchev–Trinajstić information content (AvgIpc) is 2.19. The van der Waals surface area contributed by atoms with Crippen LogP contribution in [-0.2, 0) is 0 Å². The maximum Gasteiger partial charge on any atom is 0.0371 e. The van der Waals surface area contributed by atoms with Gasteiger partial charge in [-0.05, 0) is 31.5 Å². The standard InChI is InChI=1S/C10H17N3/c11-6-2-1-3-7-13-10-4-8-12-9-5-10/h4-5,8-9H,1-3,6-7,11H2,(H,12,13). The predicted octanol–water partition coefficient (Wildman–Crippen LogP) is 1.62. The zero-order valence-corrected chi connectivity index (χ0v) is 7.87. The van der Waals surface area contributed by atoms with Crippen molar-refractivity contribution in [2.75, 3.05) is 18.4 Å². The Bertz CT molecular complexity index is 211. The number of pyridine rings is 1. The number of nitrogens with two attached hydrogens (primary N) is 1. The minimum absolute atomic E-state index is 0.801. The lowest BCUT2D eigenvalue weighted by Crippen LogP contribution is -2.03. The molecule has 72 valence electrons. The van der Waals surface area contributed by atoms with Gasteiger partial charge in [-0.1, -0.05) is 6.42 Å². The first kappa shape index (κ1) is 9.99. The second-order valence-corrected chi connectivity index (χ2v) is 3.01. The third-order valence-corrected chi connectivity index (χ3v) is 1.89. The van der Waals surface area contributed by atoms with Gasteiger partial charge in [-0.2, -0.15) is 0 Å². The molecule has 0 spiro atoms. The normalized spacial score (nSPS) is 9.92. The van der Waals surface area contributed by atoms with E-state index >= 15 is 0 Å². The van der Waals surface area contributed by atoms with Crippen LogP contribution in [0.4, 0.5) is 5.69 Å². The van der Waals surface area contributed by atoms with E-state index in [-0.39, 0.29) is 0 Å². The van der Waals surface area contributed by atoms with Gasteiger partial charge in [0, 0.05) is 24.6 Å². The van der Waals surface area contributed by atoms with E-state index in [2.05, 4.69) is 10.3 Å². The second kappa shape index (κ2) is 6.43. The van der Waals surface area contributed by atoms with Gasteiger partial charge in [-0.3, -0.25) is 4.98 Å². The Morgan fingerprint density at radius 1 is 1.15 bits per heavy atom. The minimum atomic E-state index is 0.801. The first-order valence-electron chi connectivity index (χ1n) is 4.77. The summed E-state index contributed by atoms with van der Waals surface area (Å²) in [5.41, 5.74) is 6.53. The molecule has 0 amide bonds. The van der Waals surface area contributed by atoms with Gasteiger partial charge in [-0.25, -0.2) is 0 Å². The van der Waals surface area contributed by atoms with Gasteiger partial charge in [0.05, 0.1) is 0 Å². The Kier molecular flexibility index (Phi) is 4.94. The Hall–Kier alpha value is -1.09. The maximum absolute atomic E-state index is 5.39.